The fourth-order valence-electron chi connectivity index (χ4n) is 3.27. The molecule has 0 aliphatic carbocycles. The van der Waals surface area contributed by atoms with Crippen LogP contribution < -0.4 is 0 Å². The van der Waals surface area contributed by atoms with Gasteiger partial charge in [-0.1, -0.05) is 6.92 Å². The first-order chi connectivity index (χ1) is 9.49. The average molecular weight is 304 g/mol. The van der Waals surface area contributed by atoms with Crippen LogP contribution in [0.3, 0.4) is 0 Å². The van der Waals surface area contributed by atoms with Crippen molar-refractivity contribution in [3.05, 3.63) is 0 Å². The predicted octanol–water partition coefficient (Wildman–Crippen LogP) is 1.02. The van der Waals surface area contributed by atoms with Gasteiger partial charge in [-0.15, -0.1) is 0 Å². The molecule has 20 heavy (non-hydrogen) atoms. The van der Waals surface area contributed by atoms with E-state index in [1.807, 2.05) is 0 Å². The molecule has 6 heteroatoms. The van der Waals surface area contributed by atoms with E-state index < -0.39 is 10.0 Å². The summed E-state index contributed by atoms with van der Waals surface area (Å²) in [6.45, 7) is 8.49. The minimum Gasteiger partial charge on any atom is -0.381 e. The van der Waals surface area contributed by atoms with Crippen molar-refractivity contribution in [1.29, 1.82) is 0 Å². The molecule has 2 saturated heterocycles. The minimum atomic E-state index is -3.03. The molecule has 0 aromatic carbocycles. The normalized spacial score (nSPS) is 29.1. The van der Waals surface area contributed by atoms with Gasteiger partial charge in [-0.05, 0) is 37.6 Å². The summed E-state index contributed by atoms with van der Waals surface area (Å²) in [4.78, 5) is 2.47. The topological polar surface area (TPSA) is 49.9 Å². The van der Waals surface area contributed by atoms with E-state index in [1.165, 1.54) is 6.26 Å². The maximum atomic E-state index is 11.7. The largest absolute Gasteiger partial charge is 0.381 e. The highest BCUT2D eigenvalue weighted by Crippen LogP contribution is 2.21. The van der Waals surface area contributed by atoms with Crippen molar-refractivity contribution in [2.45, 2.75) is 26.2 Å². The fourth-order valence-corrected chi connectivity index (χ4v) is 4.21. The Morgan fingerprint density at radius 2 is 2.00 bits per heavy atom. The van der Waals surface area contributed by atoms with Crippen LogP contribution in [0.4, 0.5) is 0 Å². The lowest BCUT2D eigenvalue weighted by Gasteiger charge is -2.34. The molecule has 0 N–H and O–H groups in total. The van der Waals surface area contributed by atoms with Crippen LogP contribution in [0.1, 0.15) is 26.2 Å². The molecule has 2 rings (SSSR count). The summed E-state index contributed by atoms with van der Waals surface area (Å²) in [5, 5.41) is 0. The van der Waals surface area contributed by atoms with Gasteiger partial charge in [-0.25, -0.2) is 12.7 Å². The molecule has 118 valence electrons. The van der Waals surface area contributed by atoms with Gasteiger partial charge in [-0.2, -0.15) is 0 Å². The summed E-state index contributed by atoms with van der Waals surface area (Å²) in [5.74, 6) is 1.13. The molecular formula is C14H28N2O3S. The quantitative estimate of drug-likeness (QED) is 0.735. The predicted molar refractivity (Wildman–Crippen MR) is 80.2 cm³/mol. The fraction of sp³-hybridized carbons (Fsp3) is 1.00. The van der Waals surface area contributed by atoms with E-state index in [0.29, 0.717) is 24.9 Å². The number of sulfonamides is 1. The molecule has 5 nitrogen and oxygen atoms in total. The summed E-state index contributed by atoms with van der Waals surface area (Å²) in [5.41, 5.74) is 0. The van der Waals surface area contributed by atoms with Gasteiger partial charge in [0.2, 0.25) is 10.0 Å². The Balaban J connectivity index is 1.83. The summed E-state index contributed by atoms with van der Waals surface area (Å²) in [6, 6.07) is 0. The van der Waals surface area contributed by atoms with Crippen LogP contribution in [0.5, 0.6) is 0 Å². The lowest BCUT2D eigenvalue weighted by atomic mass is 9.98. The molecule has 0 aromatic heterocycles. The van der Waals surface area contributed by atoms with E-state index in [9.17, 15) is 8.42 Å². The SMILES string of the molecule is CCN(CC1CCOC1)CC1CCCN(S(C)(=O)=O)C1. The van der Waals surface area contributed by atoms with Crippen LogP contribution in [0, 0.1) is 11.8 Å². The zero-order chi connectivity index (χ0) is 14.6. The molecule has 0 spiro atoms. The molecule has 2 unspecified atom stereocenters. The Morgan fingerprint density at radius 3 is 2.60 bits per heavy atom. The first kappa shape index (κ1) is 16.2. The monoisotopic (exact) mass is 304 g/mol. The third-order valence-electron chi connectivity index (χ3n) is 4.45. The minimum absolute atomic E-state index is 0.473. The number of hydrogen-bond acceptors (Lipinski definition) is 4. The maximum absolute atomic E-state index is 11.7. The third-order valence-corrected chi connectivity index (χ3v) is 5.72. The Bertz CT molecular complexity index is 393. The van der Waals surface area contributed by atoms with E-state index >= 15 is 0 Å². The first-order valence-electron chi connectivity index (χ1n) is 7.74. The molecule has 0 bridgehead atoms. The first-order valence-corrected chi connectivity index (χ1v) is 9.59. The number of ether oxygens (including phenoxy) is 1. The van der Waals surface area contributed by atoms with Crippen molar-refractivity contribution >= 4 is 10.0 Å². The maximum Gasteiger partial charge on any atom is 0.211 e. The molecular weight excluding hydrogens is 276 g/mol. The van der Waals surface area contributed by atoms with Crippen molar-refractivity contribution in [3.63, 3.8) is 0 Å². The Kier molecular flexibility index (Phi) is 5.84. The second-order valence-electron chi connectivity index (χ2n) is 6.21. The van der Waals surface area contributed by atoms with Crippen LogP contribution >= 0.6 is 0 Å². The summed E-state index contributed by atoms with van der Waals surface area (Å²) < 4.78 is 30.4. The Hall–Kier alpha value is -0.170. The van der Waals surface area contributed by atoms with Gasteiger partial charge in [0, 0.05) is 32.8 Å². The van der Waals surface area contributed by atoms with Crippen molar-refractivity contribution in [1.82, 2.24) is 9.21 Å². The van der Waals surface area contributed by atoms with Crippen molar-refractivity contribution < 1.29 is 13.2 Å². The standard InChI is InChI=1S/C14H28N2O3S/c1-3-15(10-14-6-8-19-12-14)9-13-5-4-7-16(11-13)20(2,17)18/h13-14H,3-12H2,1-2H3. The van der Waals surface area contributed by atoms with E-state index in [-0.39, 0.29) is 0 Å². The van der Waals surface area contributed by atoms with Crippen LogP contribution in [0.25, 0.3) is 0 Å². The Labute approximate surface area is 123 Å². The summed E-state index contributed by atoms with van der Waals surface area (Å²) in [7, 11) is -3.03. The van der Waals surface area contributed by atoms with Crippen molar-refractivity contribution in [2.24, 2.45) is 11.8 Å². The molecule has 0 radical (unpaired) electrons. The van der Waals surface area contributed by atoms with Gasteiger partial charge < -0.3 is 9.64 Å². The molecule has 0 saturated carbocycles. The van der Waals surface area contributed by atoms with E-state index in [0.717, 1.165) is 52.1 Å². The van der Waals surface area contributed by atoms with E-state index in [4.69, 9.17) is 4.74 Å². The molecule has 2 heterocycles. The van der Waals surface area contributed by atoms with Crippen LogP contribution in [0.15, 0.2) is 0 Å². The smallest absolute Gasteiger partial charge is 0.211 e. The number of nitrogens with zero attached hydrogens (tertiary/aromatic N) is 2. The van der Waals surface area contributed by atoms with Gasteiger partial charge in [0.1, 0.15) is 0 Å². The van der Waals surface area contributed by atoms with Gasteiger partial charge in [0.25, 0.3) is 0 Å². The van der Waals surface area contributed by atoms with Crippen molar-refractivity contribution in [3.8, 4) is 0 Å². The van der Waals surface area contributed by atoms with E-state index in [2.05, 4.69) is 11.8 Å². The molecule has 2 aliphatic rings. The summed E-state index contributed by atoms with van der Waals surface area (Å²) in [6.07, 6.45) is 4.62. The zero-order valence-corrected chi connectivity index (χ0v) is 13.6. The van der Waals surface area contributed by atoms with Gasteiger partial charge >= 0.3 is 0 Å². The van der Waals surface area contributed by atoms with Gasteiger partial charge in [0.05, 0.1) is 12.9 Å². The average Bonchev–Trinajstić information content (AvgIpc) is 2.90. The van der Waals surface area contributed by atoms with E-state index in [1.54, 1.807) is 4.31 Å². The molecule has 0 aromatic rings. The molecule has 2 atom stereocenters. The highest BCUT2D eigenvalue weighted by Gasteiger charge is 2.27. The van der Waals surface area contributed by atoms with Crippen molar-refractivity contribution in [2.75, 3.05) is 52.2 Å². The molecule has 2 fully saturated rings. The lowest BCUT2D eigenvalue weighted by Crippen LogP contribution is -2.44. The van der Waals surface area contributed by atoms with Gasteiger partial charge in [-0.3, -0.25) is 0 Å². The van der Waals surface area contributed by atoms with Crippen LogP contribution in [0.2, 0.25) is 0 Å². The number of rotatable bonds is 6. The van der Waals surface area contributed by atoms with Gasteiger partial charge in [0.15, 0.2) is 0 Å². The van der Waals surface area contributed by atoms with Crippen LogP contribution in [-0.2, 0) is 14.8 Å². The molecule has 0 amide bonds. The van der Waals surface area contributed by atoms with Crippen LogP contribution in [-0.4, -0.2) is 69.8 Å². The second kappa shape index (κ2) is 7.20. The number of piperidine rings is 1. The summed E-state index contributed by atoms with van der Waals surface area (Å²) >= 11 is 0. The molecule has 2 aliphatic heterocycles. The zero-order valence-electron chi connectivity index (χ0n) is 12.8. The highest BCUT2D eigenvalue weighted by molar-refractivity contribution is 7.88. The lowest BCUT2D eigenvalue weighted by molar-refractivity contribution is 0.146. The Morgan fingerprint density at radius 1 is 1.25 bits per heavy atom. The second-order valence-corrected chi connectivity index (χ2v) is 8.19. The third kappa shape index (κ3) is 4.69. The highest BCUT2D eigenvalue weighted by atomic mass is 32.2. The number of hydrogen-bond donors (Lipinski definition) is 0.